The first kappa shape index (κ1) is 26.7. The van der Waals surface area contributed by atoms with Crippen LogP contribution in [0, 0.1) is 0 Å². The van der Waals surface area contributed by atoms with E-state index in [2.05, 4.69) is 15.5 Å². The molecule has 5 aromatic rings. The summed E-state index contributed by atoms with van der Waals surface area (Å²) in [6, 6.07) is 17.3. The van der Waals surface area contributed by atoms with E-state index >= 15 is 0 Å². The van der Waals surface area contributed by atoms with Crippen molar-refractivity contribution in [3.63, 3.8) is 0 Å². The van der Waals surface area contributed by atoms with Crippen molar-refractivity contribution in [3.05, 3.63) is 110 Å². The van der Waals surface area contributed by atoms with Crippen molar-refractivity contribution in [3.8, 4) is 11.4 Å². The van der Waals surface area contributed by atoms with Crippen molar-refractivity contribution in [1.29, 1.82) is 0 Å². The average molecular weight is 591 g/mol. The van der Waals surface area contributed by atoms with E-state index in [-0.39, 0.29) is 48.5 Å². The van der Waals surface area contributed by atoms with Crippen molar-refractivity contribution < 1.29 is 14.3 Å². The van der Waals surface area contributed by atoms with Crippen LogP contribution in [0.4, 0.5) is 0 Å². The van der Waals surface area contributed by atoms with Gasteiger partial charge in [0, 0.05) is 30.6 Å². The van der Waals surface area contributed by atoms with Gasteiger partial charge in [0.05, 0.1) is 46.8 Å². The van der Waals surface area contributed by atoms with Gasteiger partial charge in [-0.3, -0.25) is 23.8 Å². The largest absolute Gasteiger partial charge is 0.497 e. The molecule has 12 heteroatoms. The van der Waals surface area contributed by atoms with Crippen LogP contribution in [0.2, 0.25) is 10.0 Å². The van der Waals surface area contributed by atoms with Gasteiger partial charge >= 0.3 is 5.69 Å². The van der Waals surface area contributed by atoms with E-state index in [1.165, 1.54) is 10.6 Å². The number of amides is 2. The molecule has 2 aromatic heterocycles. The highest BCUT2D eigenvalue weighted by atomic mass is 35.5. The van der Waals surface area contributed by atoms with E-state index < -0.39 is 5.91 Å². The molecule has 0 spiro atoms. The van der Waals surface area contributed by atoms with E-state index in [1.807, 2.05) is 18.2 Å². The number of H-pyrrole nitrogens is 1. The summed E-state index contributed by atoms with van der Waals surface area (Å²) in [5.74, 6) is -0.105. The molecule has 0 radical (unpaired) electrons. The lowest BCUT2D eigenvalue weighted by atomic mass is 10.1. The second kappa shape index (κ2) is 10.8. The predicted octanol–water partition coefficient (Wildman–Crippen LogP) is 4.42. The maximum absolute atomic E-state index is 13.8. The number of rotatable bonds is 6. The number of benzene rings is 3. The Bertz CT molecular complexity index is 1860. The summed E-state index contributed by atoms with van der Waals surface area (Å²) in [4.78, 5) is 42.5. The van der Waals surface area contributed by atoms with Crippen LogP contribution in [0.1, 0.15) is 32.1 Å². The third kappa shape index (κ3) is 4.96. The Morgan fingerprint density at radius 2 is 1.83 bits per heavy atom. The molecule has 0 fully saturated rings. The van der Waals surface area contributed by atoms with E-state index in [4.69, 9.17) is 27.9 Å². The predicted molar refractivity (Wildman–Crippen MR) is 155 cm³/mol. The van der Waals surface area contributed by atoms with Crippen LogP contribution in [0.5, 0.6) is 5.75 Å². The third-order valence-electron chi connectivity index (χ3n) is 7.14. The molecular weight excluding hydrogens is 567 g/mol. The van der Waals surface area contributed by atoms with Gasteiger partial charge in [0.15, 0.2) is 0 Å². The summed E-state index contributed by atoms with van der Waals surface area (Å²) in [5, 5.41) is 11.4. The number of ether oxygens (including phenoxy) is 1. The van der Waals surface area contributed by atoms with Crippen molar-refractivity contribution in [2.45, 2.75) is 19.6 Å². The number of halogens is 2. The highest BCUT2D eigenvalue weighted by Gasteiger charge is 2.32. The Hall–Kier alpha value is -4.54. The molecule has 10 nitrogen and oxygen atoms in total. The molecule has 41 heavy (non-hydrogen) atoms. The first-order valence-electron chi connectivity index (χ1n) is 12.8. The highest BCUT2D eigenvalue weighted by molar-refractivity contribution is 6.42. The van der Waals surface area contributed by atoms with E-state index in [9.17, 15) is 14.4 Å². The van der Waals surface area contributed by atoms with Gasteiger partial charge in [-0.1, -0.05) is 29.3 Å². The zero-order valence-corrected chi connectivity index (χ0v) is 23.4. The Morgan fingerprint density at radius 3 is 2.59 bits per heavy atom. The molecule has 3 heterocycles. The third-order valence-corrected chi connectivity index (χ3v) is 7.88. The summed E-state index contributed by atoms with van der Waals surface area (Å²) in [6.07, 6.45) is 1.71. The van der Waals surface area contributed by atoms with Crippen LogP contribution >= 0.6 is 23.2 Å². The summed E-state index contributed by atoms with van der Waals surface area (Å²) >= 11 is 12.2. The second-order valence-electron chi connectivity index (χ2n) is 9.59. The molecule has 208 valence electrons. The van der Waals surface area contributed by atoms with Crippen LogP contribution in [-0.4, -0.2) is 49.7 Å². The van der Waals surface area contributed by atoms with Crippen molar-refractivity contribution >= 4 is 45.9 Å². The molecule has 1 aliphatic heterocycles. The van der Waals surface area contributed by atoms with Gasteiger partial charge in [0.25, 0.3) is 11.8 Å². The minimum absolute atomic E-state index is 0.0568. The van der Waals surface area contributed by atoms with Gasteiger partial charge in [-0.25, -0.2) is 4.79 Å². The number of fused-ring (bicyclic) bond motifs is 2. The lowest BCUT2D eigenvalue weighted by molar-refractivity contribution is 0.0706. The van der Waals surface area contributed by atoms with Crippen molar-refractivity contribution in [1.82, 2.24) is 29.5 Å². The molecule has 2 N–H and O–H groups in total. The lowest BCUT2D eigenvalue weighted by Crippen LogP contribution is -2.41. The molecule has 3 aromatic carbocycles. The molecule has 6 rings (SSSR count). The van der Waals surface area contributed by atoms with Crippen molar-refractivity contribution in [2.24, 2.45) is 0 Å². The van der Waals surface area contributed by atoms with Gasteiger partial charge in [-0.05, 0) is 60.2 Å². The summed E-state index contributed by atoms with van der Waals surface area (Å²) in [7, 11) is 1.55. The van der Waals surface area contributed by atoms with E-state index in [1.54, 1.807) is 59.2 Å². The summed E-state index contributed by atoms with van der Waals surface area (Å²) in [6.45, 7) is 0.792. The van der Waals surface area contributed by atoms with E-state index in [0.717, 1.165) is 16.5 Å². The normalized spacial score (nSPS) is 12.8. The fourth-order valence-electron chi connectivity index (χ4n) is 5.02. The van der Waals surface area contributed by atoms with Gasteiger partial charge in [0.2, 0.25) is 0 Å². The molecule has 0 atom stereocenters. The second-order valence-corrected chi connectivity index (χ2v) is 10.4. The first-order valence-corrected chi connectivity index (χ1v) is 13.5. The Morgan fingerprint density at radius 1 is 1.02 bits per heavy atom. The number of methoxy groups -OCH3 is 1. The Kier molecular flexibility index (Phi) is 7.02. The fourth-order valence-corrected chi connectivity index (χ4v) is 5.31. The number of nitrogens with zero attached hydrogens (tertiary/aromatic N) is 4. The molecule has 2 amide bonds. The molecule has 0 bridgehead atoms. The average Bonchev–Trinajstić information content (AvgIpc) is 3.58. The number of aromatic nitrogens is 4. The zero-order chi connectivity index (χ0) is 28.7. The van der Waals surface area contributed by atoms with Gasteiger partial charge < -0.3 is 15.0 Å². The topological polar surface area (TPSA) is 114 Å². The van der Waals surface area contributed by atoms with Gasteiger partial charge in [-0.15, -0.1) is 0 Å². The molecule has 0 saturated carbocycles. The smallest absolute Gasteiger partial charge is 0.333 e. The van der Waals surface area contributed by atoms with Crippen LogP contribution in [0.25, 0.3) is 16.6 Å². The number of aromatic amines is 1. The number of carbonyl (C=O) groups is 2. The van der Waals surface area contributed by atoms with Crippen molar-refractivity contribution in [2.75, 3.05) is 13.7 Å². The molecule has 1 aliphatic rings. The SMILES string of the molecule is COc1ccc(-n2c(C(=O)NCc3ccc4[nH]ncc4c3)c3n(c2=O)CCN(C(=O)c2ccc(Cl)c(Cl)c2)C3)cc1. The minimum atomic E-state index is -0.442. The van der Waals surface area contributed by atoms with Crippen LogP contribution < -0.4 is 15.7 Å². The first-order chi connectivity index (χ1) is 19.8. The maximum Gasteiger partial charge on any atom is 0.333 e. The Labute approximate surface area is 244 Å². The molecule has 0 aliphatic carbocycles. The Balaban J connectivity index is 1.36. The van der Waals surface area contributed by atoms with Gasteiger partial charge in [0.1, 0.15) is 11.4 Å². The lowest BCUT2D eigenvalue weighted by Gasteiger charge is -2.28. The number of hydrogen-bond donors (Lipinski definition) is 2. The zero-order valence-electron chi connectivity index (χ0n) is 21.9. The van der Waals surface area contributed by atoms with Crippen LogP contribution in [-0.2, 0) is 19.6 Å². The highest BCUT2D eigenvalue weighted by Crippen LogP contribution is 2.26. The quantitative estimate of drug-likeness (QED) is 0.304. The standard InChI is InChI=1S/C29H24Cl2N6O4/c1-41-21-6-4-20(5-7-21)37-26(27(38)32-14-17-2-9-24-19(12-17)15-33-34-24)25-16-35(10-11-36(25)29(37)40)28(39)18-3-8-22(30)23(31)13-18/h2-9,12-13,15H,10-11,14,16H2,1H3,(H,32,38)(H,33,34). The van der Waals surface area contributed by atoms with Crippen LogP contribution in [0.15, 0.2) is 71.7 Å². The maximum atomic E-state index is 13.8. The number of imidazole rings is 1. The van der Waals surface area contributed by atoms with E-state index in [0.29, 0.717) is 27.7 Å². The number of nitrogens with one attached hydrogen (secondary N) is 2. The molecule has 0 unspecified atom stereocenters. The van der Waals surface area contributed by atoms with Crippen LogP contribution in [0.3, 0.4) is 0 Å². The number of hydrogen-bond acceptors (Lipinski definition) is 5. The molecular formula is C29H24Cl2N6O4. The summed E-state index contributed by atoms with van der Waals surface area (Å²) in [5.41, 5.74) is 2.87. The monoisotopic (exact) mass is 590 g/mol. The molecule has 0 saturated heterocycles. The van der Waals surface area contributed by atoms with Gasteiger partial charge in [-0.2, -0.15) is 5.10 Å². The fraction of sp³-hybridized carbons (Fsp3) is 0.172. The minimum Gasteiger partial charge on any atom is -0.497 e. The number of carbonyl (C=O) groups excluding carboxylic acids is 2. The summed E-state index contributed by atoms with van der Waals surface area (Å²) < 4.78 is 8.20.